The number of nitrogens with zero attached hydrogens (tertiary/aromatic N) is 3. The van der Waals surface area contributed by atoms with Gasteiger partial charge in [0.15, 0.2) is 0 Å². The fraction of sp³-hybridized carbons (Fsp3) is 0.429. The number of rotatable bonds is 6. The molecule has 5 nitrogen and oxygen atoms in total. The van der Waals surface area contributed by atoms with E-state index in [4.69, 9.17) is 4.74 Å². The highest BCUT2D eigenvalue weighted by Gasteiger charge is 2.02. The van der Waals surface area contributed by atoms with E-state index in [-0.39, 0.29) is 0 Å². The largest absolute Gasteiger partial charge is 0.492 e. The van der Waals surface area contributed by atoms with Crippen LogP contribution in [0.2, 0.25) is 0 Å². The molecule has 2 rings (SSSR count). The molecular weight excluding hydrogens is 240 g/mol. The van der Waals surface area contributed by atoms with Gasteiger partial charge in [0.25, 0.3) is 0 Å². The highest BCUT2D eigenvalue weighted by atomic mass is 16.5. The lowest BCUT2D eigenvalue weighted by molar-refractivity contribution is 0.289. The van der Waals surface area contributed by atoms with E-state index in [1.807, 2.05) is 37.7 Å². The number of ether oxygens (including phenoxy) is 1. The Bertz CT molecular complexity index is 536. The summed E-state index contributed by atoms with van der Waals surface area (Å²) in [4.78, 5) is 4.26. The second kappa shape index (κ2) is 6.33. The average molecular weight is 260 g/mol. The van der Waals surface area contributed by atoms with Gasteiger partial charge in [-0.15, -0.1) is 0 Å². The van der Waals surface area contributed by atoms with Crippen LogP contribution in [-0.2, 0) is 13.1 Å². The van der Waals surface area contributed by atoms with Crippen LogP contribution in [-0.4, -0.2) is 28.4 Å². The van der Waals surface area contributed by atoms with Crippen molar-refractivity contribution in [1.82, 2.24) is 20.1 Å². The third kappa shape index (κ3) is 3.79. The van der Waals surface area contributed by atoms with Gasteiger partial charge < -0.3 is 10.1 Å². The summed E-state index contributed by atoms with van der Waals surface area (Å²) in [6.45, 7) is 5.99. The van der Waals surface area contributed by atoms with Crippen molar-refractivity contribution in [3.8, 4) is 5.75 Å². The molecule has 0 fully saturated rings. The van der Waals surface area contributed by atoms with Crippen molar-refractivity contribution >= 4 is 0 Å². The molecule has 0 aliphatic carbocycles. The van der Waals surface area contributed by atoms with Crippen LogP contribution in [0.25, 0.3) is 0 Å². The molecule has 0 unspecified atom stereocenters. The predicted molar refractivity (Wildman–Crippen MR) is 74.2 cm³/mol. The van der Waals surface area contributed by atoms with Crippen molar-refractivity contribution in [2.75, 3.05) is 13.7 Å². The second-order valence-corrected chi connectivity index (χ2v) is 4.46. The van der Waals surface area contributed by atoms with Gasteiger partial charge in [0.2, 0.25) is 0 Å². The Morgan fingerprint density at radius 2 is 2.16 bits per heavy atom. The van der Waals surface area contributed by atoms with Crippen molar-refractivity contribution in [2.45, 2.75) is 26.9 Å². The minimum Gasteiger partial charge on any atom is -0.492 e. The molecule has 0 amide bonds. The number of benzene rings is 1. The van der Waals surface area contributed by atoms with E-state index in [9.17, 15) is 0 Å². The van der Waals surface area contributed by atoms with Gasteiger partial charge in [-0.25, -0.2) is 9.67 Å². The third-order valence-corrected chi connectivity index (χ3v) is 2.81. The molecule has 1 aromatic carbocycles. The van der Waals surface area contributed by atoms with Crippen LogP contribution in [0.15, 0.2) is 24.3 Å². The van der Waals surface area contributed by atoms with Gasteiger partial charge in [0, 0.05) is 6.54 Å². The van der Waals surface area contributed by atoms with Crippen LogP contribution in [0.3, 0.4) is 0 Å². The van der Waals surface area contributed by atoms with Crippen LogP contribution < -0.4 is 10.1 Å². The predicted octanol–water partition coefficient (Wildman–Crippen LogP) is 1.69. The Labute approximate surface area is 113 Å². The lowest BCUT2D eigenvalue weighted by Crippen LogP contribution is -2.11. The Morgan fingerprint density at radius 3 is 2.84 bits per heavy atom. The molecule has 102 valence electrons. The first-order valence-corrected chi connectivity index (χ1v) is 6.43. The first-order valence-electron chi connectivity index (χ1n) is 6.43. The summed E-state index contributed by atoms with van der Waals surface area (Å²) in [6, 6.07) is 8.11. The van der Waals surface area contributed by atoms with E-state index < -0.39 is 0 Å². The molecule has 0 aliphatic heterocycles. The van der Waals surface area contributed by atoms with Gasteiger partial charge >= 0.3 is 0 Å². The SMILES string of the molecule is CNCc1cccc(OCCn2nc(C)nc2C)c1. The van der Waals surface area contributed by atoms with Crippen molar-refractivity contribution in [2.24, 2.45) is 0 Å². The molecule has 0 atom stereocenters. The zero-order chi connectivity index (χ0) is 13.7. The van der Waals surface area contributed by atoms with E-state index in [0.29, 0.717) is 13.2 Å². The lowest BCUT2D eigenvalue weighted by atomic mass is 10.2. The summed E-state index contributed by atoms with van der Waals surface area (Å²) in [6.07, 6.45) is 0. The van der Waals surface area contributed by atoms with Crippen molar-refractivity contribution < 1.29 is 4.74 Å². The molecule has 1 heterocycles. The van der Waals surface area contributed by atoms with Crippen LogP contribution in [0.4, 0.5) is 0 Å². The summed E-state index contributed by atoms with van der Waals surface area (Å²) in [5, 5.41) is 7.43. The maximum Gasteiger partial charge on any atom is 0.147 e. The quantitative estimate of drug-likeness (QED) is 0.859. The zero-order valence-electron chi connectivity index (χ0n) is 11.7. The van der Waals surface area contributed by atoms with E-state index in [1.54, 1.807) is 0 Å². The molecule has 0 bridgehead atoms. The maximum absolute atomic E-state index is 5.74. The van der Waals surface area contributed by atoms with E-state index in [1.165, 1.54) is 5.56 Å². The molecule has 0 radical (unpaired) electrons. The maximum atomic E-state index is 5.74. The Morgan fingerprint density at radius 1 is 1.32 bits per heavy atom. The normalized spacial score (nSPS) is 10.7. The van der Waals surface area contributed by atoms with E-state index in [2.05, 4.69) is 27.5 Å². The third-order valence-electron chi connectivity index (χ3n) is 2.81. The fourth-order valence-corrected chi connectivity index (χ4v) is 1.97. The Kier molecular flexibility index (Phi) is 4.52. The number of aryl methyl sites for hydroxylation is 2. The first-order chi connectivity index (χ1) is 9.19. The minimum atomic E-state index is 0.590. The smallest absolute Gasteiger partial charge is 0.147 e. The minimum absolute atomic E-state index is 0.590. The van der Waals surface area contributed by atoms with Crippen molar-refractivity contribution in [3.05, 3.63) is 41.5 Å². The zero-order valence-corrected chi connectivity index (χ0v) is 11.7. The topological polar surface area (TPSA) is 52.0 Å². The molecule has 0 saturated heterocycles. The Balaban J connectivity index is 1.88. The molecule has 0 aliphatic rings. The first kappa shape index (κ1) is 13.5. The molecule has 1 aromatic heterocycles. The molecule has 19 heavy (non-hydrogen) atoms. The summed E-state index contributed by atoms with van der Waals surface area (Å²) in [5.74, 6) is 2.61. The number of nitrogens with one attached hydrogen (secondary N) is 1. The van der Waals surface area contributed by atoms with Crippen molar-refractivity contribution in [1.29, 1.82) is 0 Å². The lowest BCUT2D eigenvalue weighted by Gasteiger charge is -2.08. The van der Waals surface area contributed by atoms with Gasteiger partial charge in [-0.3, -0.25) is 0 Å². The van der Waals surface area contributed by atoms with Crippen LogP contribution in [0.5, 0.6) is 5.75 Å². The highest BCUT2D eigenvalue weighted by molar-refractivity contribution is 5.28. The molecule has 2 aromatic rings. The summed E-state index contributed by atoms with van der Waals surface area (Å²) < 4.78 is 7.61. The summed E-state index contributed by atoms with van der Waals surface area (Å²) in [7, 11) is 1.93. The summed E-state index contributed by atoms with van der Waals surface area (Å²) in [5.41, 5.74) is 1.22. The van der Waals surface area contributed by atoms with Gasteiger partial charge in [-0.1, -0.05) is 12.1 Å². The number of hydrogen-bond acceptors (Lipinski definition) is 4. The number of aromatic nitrogens is 3. The Hall–Kier alpha value is -1.88. The van der Waals surface area contributed by atoms with Gasteiger partial charge in [-0.2, -0.15) is 5.10 Å². The monoisotopic (exact) mass is 260 g/mol. The highest BCUT2D eigenvalue weighted by Crippen LogP contribution is 2.13. The van der Waals surface area contributed by atoms with Crippen LogP contribution in [0, 0.1) is 13.8 Å². The standard InChI is InChI=1S/C14H20N4O/c1-11-16-12(2)18(17-11)7-8-19-14-6-4-5-13(9-14)10-15-3/h4-6,9,15H,7-8,10H2,1-3H3. The van der Waals surface area contributed by atoms with Gasteiger partial charge in [-0.05, 0) is 38.6 Å². The van der Waals surface area contributed by atoms with Crippen molar-refractivity contribution in [3.63, 3.8) is 0 Å². The fourth-order valence-electron chi connectivity index (χ4n) is 1.97. The molecular formula is C14H20N4O. The summed E-state index contributed by atoms with van der Waals surface area (Å²) >= 11 is 0. The van der Waals surface area contributed by atoms with E-state index in [0.717, 1.165) is 23.9 Å². The number of hydrogen-bond donors (Lipinski definition) is 1. The average Bonchev–Trinajstić information content (AvgIpc) is 2.69. The second-order valence-electron chi connectivity index (χ2n) is 4.46. The molecule has 1 N–H and O–H groups in total. The molecule has 0 saturated carbocycles. The van der Waals surface area contributed by atoms with Crippen LogP contribution >= 0.6 is 0 Å². The van der Waals surface area contributed by atoms with Crippen LogP contribution in [0.1, 0.15) is 17.2 Å². The van der Waals surface area contributed by atoms with E-state index >= 15 is 0 Å². The van der Waals surface area contributed by atoms with Gasteiger partial charge in [0.1, 0.15) is 24.0 Å². The van der Waals surface area contributed by atoms with Gasteiger partial charge in [0.05, 0.1) is 6.54 Å². The molecule has 5 heteroatoms. The molecule has 0 spiro atoms.